The largest absolute Gasteiger partial charge is 0.450 e. The molecule has 1 N–H and O–H groups in total. The maximum atomic E-state index is 11.1. The SMILES string of the molecule is CCOC(=O)Nc1cc(Cl)c(Cl)cc1Cl. The summed E-state index contributed by atoms with van der Waals surface area (Å²) in [4.78, 5) is 11.1. The number of anilines is 1. The Labute approximate surface area is 102 Å². The lowest BCUT2D eigenvalue weighted by Crippen LogP contribution is -2.13. The number of benzene rings is 1. The molecule has 0 radical (unpaired) electrons. The van der Waals surface area contributed by atoms with Gasteiger partial charge in [-0.15, -0.1) is 0 Å². The number of nitrogens with one attached hydrogen (secondary N) is 1. The number of halogens is 3. The van der Waals surface area contributed by atoms with Gasteiger partial charge in [0.2, 0.25) is 0 Å². The van der Waals surface area contributed by atoms with Crippen LogP contribution >= 0.6 is 34.8 Å². The van der Waals surface area contributed by atoms with E-state index in [-0.39, 0.29) is 6.61 Å². The van der Waals surface area contributed by atoms with Crippen LogP contribution in [0.2, 0.25) is 15.1 Å². The maximum Gasteiger partial charge on any atom is 0.411 e. The third-order valence-electron chi connectivity index (χ3n) is 1.52. The fraction of sp³-hybridized carbons (Fsp3) is 0.222. The number of hydrogen-bond acceptors (Lipinski definition) is 2. The Hall–Kier alpha value is -0.640. The molecule has 0 unspecified atom stereocenters. The first kappa shape index (κ1) is 12.4. The van der Waals surface area contributed by atoms with Crippen molar-refractivity contribution >= 4 is 46.6 Å². The van der Waals surface area contributed by atoms with E-state index in [2.05, 4.69) is 10.1 Å². The molecule has 0 fully saturated rings. The van der Waals surface area contributed by atoms with Crippen molar-refractivity contribution in [3.63, 3.8) is 0 Å². The molecule has 0 heterocycles. The molecule has 0 saturated carbocycles. The van der Waals surface area contributed by atoms with Crippen molar-refractivity contribution < 1.29 is 9.53 Å². The van der Waals surface area contributed by atoms with E-state index in [1.165, 1.54) is 12.1 Å². The minimum absolute atomic E-state index is 0.283. The summed E-state index contributed by atoms with van der Waals surface area (Å²) in [6.45, 7) is 1.99. The monoisotopic (exact) mass is 267 g/mol. The Kier molecular flexibility index (Phi) is 4.51. The van der Waals surface area contributed by atoms with Gasteiger partial charge in [-0.1, -0.05) is 34.8 Å². The molecule has 0 aliphatic heterocycles. The van der Waals surface area contributed by atoms with E-state index in [0.717, 1.165) is 0 Å². The van der Waals surface area contributed by atoms with Crippen molar-refractivity contribution in [3.05, 3.63) is 27.2 Å². The van der Waals surface area contributed by atoms with Gasteiger partial charge in [-0.2, -0.15) is 0 Å². The van der Waals surface area contributed by atoms with Crippen molar-refractivity contribution in [2.45, 2.75) is 6.92 Å². The molecular formula is C9H8Cl3NO2. The van der Waals surface area contributed by atoms with E-state index in [1.54, 1.807) is 6.92 Å². The second kappa shape index (κ2) is 5.45. The van der Waals surface area contributed by atoms with Gasteiger partial charge in [-0.05, 0) is 19.1 Å². The molecule has 15 heavy (non-hydrogen) atoms. The van der Waals surface area contributed by atoms with Crippen molar-refractivity contribution in [3.8, 4) is 0 Å². The summed E-state index contributed by atoms with van der Waals surface area (Å²) in [6.07, 6.45) is -0.585. The predicted octanol–water partition coefficient (Wildman–Crippen LogP) is 4.22. The Balaban J connectivity index is 2.86. The Bertz CT molecular complexity index is 382. The lowest BCUT2D eigenvalue weighted by atomic mass is 10.3. The standard InChI is InChI=1S/C9H8Cl3NO2/c1-2-15-9(14)13-8-4-6(11)5(10)3-7(8)12/h3-4H,2H2,1H3,(H,13,14). The van der Waals surface area contributed by atoms with Gasteiger partial charge in [-0.25, -0.2) is 4.79 Å². The number of carbonyl (C=O) groups excluding carboxylic acids is 1. The average molecular weight is 269 g/mol. The summed E-state index contributed by atoms with van der Waals surface area (Å²) in [5.74, 6) is 0. The zero-order chi connectivity index (χ0) is 11.4. The fourth-order valence-electron chi connectivity index (χ4n) is 0.895. The zero-order valence-corrected chi connectivity index (χ0v) is 10.1. The van der Waals surface area contributed by atoms with Crippen LogP contribution in [-0.4, -0.2) is 12.7 Å². The molecule has 0 aliphatic carbocycles. The van der Waals surface area contributed by atoms with Gasteiger partial charge in [0.25, 0.3) is 0 Å². The summed E-state index contributed by atoms with van der Waals surface area (Å²) < 4.78 is 4.69. The molecule has 0 aliphatic rings. The number of amides is 1. The molecule has 82 valence electrons. The third-order valence-corrected chi connectivity index (χ3v) is 2.56. The Morgan fingerprint density at radius 2 is 1.87 bits per heavy atom. The van der Waals surface area contributed by atoms with Crippen molar-refractivity contribution in [2.24, 2.45) is 0 Å². The van der Waals surface area contributed by atoms with Crippen LogP contribution in [0.15, 0.2) is 12.1 Å². The van der Waals surface area contributed by atoms with Gasteiger partial charge in [0.15, 0.2) is 0 Å². The summed E-state index contributed by atoms with van der Waals surface area (Å²) in [5, 5.41) is 3.39. The van der Waals surface area contributed by atoms with Crippen LogP contribution in [0.3, 0.4) is 0 Å². The first-order chi connectivity index (χ1) is 7.04. The first-order valence-corrected chi connectivity index (χ1v) is 5.26. The quantitative estimate of drug-likeness (QED) is 0.816. The molecule has 1 rings (SSSR count). The number of rotatable bonds is 2. The predicted molar refractivity (Wildman–Crippen MR) is 62.1 cm³/mol. The van der Waals surface area contributed by atoms with Gasteiger partial charge in [0.1, 0.15) is 0 Å². The zero-order valence-electron chi connectivity index (χ0n) is 7.81. The Morgan fingerprint density at radius 3 is 2.47 bits per heavy atom. The number of carbonyl (C=O) groups is 1. The lowest BCUT2D eigenvalue weighted by molar-refractivity contribution is 0.168. The molecule has 6 heteroatoms. The van der Waals surface area contributed by atoms with Gasteiger partial charge < -0.3 is 4.74 Å². The van der Waals surface area contributed by atoms with Gasteiger partial charge in [0, 0.05) is 0 Å². The van der Waals surface area contributed by atoms with Crippen molar-refractivity contribution in [1.82, 2.24) is 0 Å². The highest BCUT2D eigenvalue weighted by Gasteiger charge is 2.09. The smallest absolute Gasteiger partial charge is 0.411 e. The van der Waals surface area contributed by atoms with E-state index in [4.69, 9.17) is 34.8 Å². The van der Waals surface area contributed by atoms with Crippen molar-refractivity contribution in [2.75, 3.05) is 11.9 Å². The molecule has 1 amide bonds. The highest BCUT2D eigenvalue weighted by atomic mass is 35.5. The van der Waals surface area contributed by atoms with E-state index in [0.29, 0.717) is 20.8 Å². The summed E-state index contributed by atoms with van der Waals surface area (Å²) in [7, 11) is 0. The molecule has 0 atom stereocenters. The summed E-state index contributed by atoms with van der Waals surface area (Å²) in [5.41, 5.74) is 0.365. The molecule has 0 bridgehead atoms. The van der Waals surface area contributed by atoms with Crippen LogP contribution in [0.25, 0.3) is 0 Å². The lowest BCUT2D eigenvalue weighted by Gasteiger charge is -2.08. The molecule has 1 aromatic rings. The second-order valence-electron chi connectivity index (χ2n) is 2.59. The van der Waals surface area contributed by atoms with Gasteiger partial charge in [-0.3, -0.25) is 5.32 Å². The highest BCUT2D eigenvalue weighted by Crippen LogP contribution is 2.32. The molecule has 1 aromatic carbocycles. The fourth-order valence-corrected chi connectivity index (χ4v) is 1.49. The first-order valence-electron chi connectivity index (χ1n) is 4.13. The van der Waals surface area contributed by atoms with Crippen LogP contribution < -0.4 is 5.32 Å². The van der Waals surface area contributed by atoms with Crippen LogP contribution in [0.1, 0.15) is 6.92 Å². The minimum Gasteiger partial charge on any atom is -0.450 e. The van der Waals surface area contributed by atoms with Crippen LogP contribution in [0.5, 0.6) is 0 Å². The molecule has 0 spiro atoms. The maximum absolute atomic E-state index is 11.1. The average Bonchev–Trinajstić information content (AvgIpc) is 2.14. The van der Waals surface area contributed by atoms with Crippen LogP contribution in [0.4, 0.5) is 10.5 Å². The van der Waals surface area contributed by atoms with Crippen LogP contribution in [-0.2, 0) is 4.74 Å². The van der Waals surface area contributed by atoms with E-state index in [1.807, 2.05) is 0 Å². The van der Waals surface area contributed by atoms with E-state index in [9.17, 15) is 4.79 Å². The van der Waals surface area contributed by atoms with E-state index >= 15 is 0 Å². The van der Waals surface area contributed by atoms with Crippen LogP contribution in [0, 0.1) is 0 Å². The molecule has 0 saturated heterocycles. The number of ether oxygens (including phenoxy) is 1. The normalized spacial score (nSPS) is 9.87. The molecular weight excluding hydrogens is 260 g/mol. The minimum atomic E-state index is -0.585. The highest BCUT2D eigenvalue weighted by molar-refractivity contribution is 6.44. The van der Waals surface area contributed by atoms with Gasteiger partial charge in [0.05, 0.1) is 27.4 Å². The molecule has 3 nitrogen and oxygen atoms in total. The molecule has 0 aromatic heterocycles. The third kappa shape index (κ3) is 3.45. The summed E-state index contributed by atoms with van der Waals surface area (Å²) >= 11 is 17.3. The van der Waals surface area contributed by atoms with E-state index < -0.39 is 6.09 Å². The summed E-state index contributed by atoms with van der Waals surface area (Å²) in [6, 6.07) is 2.91. The number of hydrogen-bond donors (Lipinski definition) is 1. The second-order valence-corrected chi connectivity index (χ2v) is 3.81. The van der Waals surface area contributed by atoms with Gasteiger partial charge >= 0.3 is 6.09 Å². The van der Waals surface area contributed by atoms with Crippen molar-refractivity contribution in [1.29, 1.82) is 0 Å². The topological polar surface area (TPSA) is 38.3 Å². The Morgan fingerprint density at radius 1 is 1.27 bits per heavy atom.